The Kier molecular flexibility index (Phi) is 12.4. The zero-order valence-electron chi connectivity index (χ0n) is 28.4. The van der Waals surface area contributed by atoms with E-state index in [2.05, 4.69) is 77.1 Å². The molecular weight excluding hydrogens is 588 g/mol. The second kappa shape index (κ2) is 16.9. The minimum Gasteiger partial charge on any atom is -0.508 e. The smallest absolute Gasteiger partial charge is 0.305 e. The Morgan fingerprint density at radius 3 is 2.38 bits per heavy atom. The van der Waals surface area contributed by atoms with E-state index in [9.17, 15) is 14.7 Å². The largest absolute Gasteiger partial charge is 0.508 e. The fourth-order valence-electron chi connectivity index (χ4n) is 7.15. The molecule has 2 aliphatic rings. The number of hydrogen-bond donors (Lipinski definition) is 1. The summed E-state index contributed by atoms with van der Waals surface area (Å²) in [6.45, 7) is 13.7. The lowest BCUT2D eigenvalue weighted by Gasteiger charge is -2.47. The Balaban J connectivity index is 1.28. The highest BCUT2D eigenvalue weighted by atomic mass is 16.5. The average Bonchev–Trinajstić information content (AvgIpc) is 3.32. The average molecular weight is 641 g/mol. The molecule has 1 amide bonds. The number of phenolic OH excluding ortho intramolecular Hbond substituents is 1. The molecule has 0 spiro atoms. The first-order chi connectivity index (χ1) is 22.8. The number of phenols is 1. The molecule has 2 saturated heterocycles. The third kappa shape index (κ3) is 9.43. The molecule has 3 aromatic carbocycles. The Morgan fingerprint density at radius 2 is 1.62 bits per heavy atom. The summed E-state index contributed by atoms with van der Waals surface area (Å²) in [5.41, 5.74) is 4.12. The molecule has 0 aromatic heterocycles. The molecule has 0 saturated carbocycles. The maximum Gasteiger partial charge on any atom is 0.305 e. The monoisotopic (exact) mass is 640 g/mol. The normalized spacial score (nSPS) is 20.4. The molecule has 3 atom stereocenters. The summed E-state index contributed by atoms with van der Waals surface area (Å²) in [7, 11) is 0. The predicted molar refractivity (Wildman–Crippen MR) is 186 cm³/mol. The van der Waals surface area contributed by atoms with Gasteiger partial charge in [-0.2, -0.15) is 0 Å². The van der Waals surface area contributed by atoms with E-state index in [1.165, 1.54) is 5.56 Å². The molecule has 47 heavy (non-hydrogen) atoms. The first kappa shape index (κ1) is 34.6. The van der Waals surface area contributed by atoms with Crippen LogP contribution in [-0.4, -0.2) is 101 Å². The number of ether oxygens (including phenoxy) is 1. The van der Waals surface area contributed by atoms with Crippen molar-refractivity contribution in [2.45, 2.75) is 71.1 Å². The molecular formula is C39H52N4O4. The van der Waals surface area contributed by atoms with Crippen LogP contribution in [0, 0.1) is 0 Å². The van der Waals surface area contributed by atoms with Crippen LogP contribution in [-0.2, 0) is 16.1 Å². The van der Waals surface area contributed by atoms with E-state index in [-0.39, 0.29) is 29.7 Å². The highest BCUT2D eigenvalue weighted by molar-refractivity contribution is 5.94. The van der Waals surface area contributed by atoms with Gasteiger partial charge in [0.1, 0.15) is 5.75 Å². The Morgan fingerprint density at radius 1 is 0.851 bits per heavy atom. The number of aromatic hydroxyl groups is 1. The molecule has 2 heterocycles. The third-order valence-corrected chi connectivity index (χ3v) is 9.64. The number of piperazine rings is 1. The van der Waals surface area contributed by atoms with Crippen LogP contribution in [0.5, 0.6) is 5.75 Å². The Labute approximate surface area is 280 Å². The van der Waals surface area contributed by atoms with Crippen molar-refractivity contribution in [1.29, 1.82) is 0 Å². The van der Waals surface area contributed by atoms with E-state index in [1.807, 2.05) is 36.1 Å². The summed E-state index contributed by atoms with van der Waals surface area (Å²) >= 11 is 0. The van der Waals surface area contributed by atoms with Crippen LogP contribution in [0.3, 0.4) is 0 Å². The van der Waals surface area contributed by atoms with E-state index in [0.717, 1.165) is 76.2 Å². The lowest BCUT2D eigenvalue weighted by atomic mass is 9.92. The summed E-state index contributed by atoms with van der Waals surface area (Å²) in [4.78, 5) is 35.1. The lowest BCUT2D eigenvalue weighted by molar-refractivity contribution is -0.143. The molecule has 1 unspecified atom stereocenters. The minimum atomic E-state index is -0.122. The van der Waals surface area contributed by atoms with Crippen molar-refractivity contribution < 1.29 is 19.4 Å². The van der Waals surface area contributed by atoms with Gasteiger partial charge in [0.15, 0.2) is 0 Å². The van der Waals surface area contributed by atoms with Crippen molar-refractivity contribution in [3.63, 3.8) is 0 Å². The van der Waals surface area contributed by atoms with Gasteiger partial charge >= 0.3 is 5.97 Å². The topological polar surface area (TPSA) is 76.6 Å². The Bertz CT molecular complexity index is 1450. The molecule has 0 radical (unpaired) electrons. The van der Waals surface area contributed by atoms with Gasteiger partial charge in [-0.25, -0.2) is 0 Å². The maximum atomic E-state index is 13.9. The van der Waals surface area contributed by atoms with Crippen molar-refractivity contribution in [1.82, 2.24) is 19.6 Å². The second-order valence-electron chi connectivity index (χ2n) is 13.2. The van der Waals surface area contributed by atoms with Gasteiger partial charge in [0.25, 0.3) is 5.91 Å². The molecule has 0 aliphatic carbocycles. The molecule has 5 rings (SSSR count). The number of esters is 1. The molecule has 2 aliphatic heterocycles. The third-order valence-electron chi connectivity index (χ3n) is 9.64. The van der Waals surface area contributed by atoms with Crippen molar-refractivity contribution in [3.05, 3.63) is 101 Å². The van der Waals surface area contributed by atoms with Crippen molar-refractivity contribution in [2.75, 3.05) is 52.4 Å². The quantitative estimate of drug-likeness (QED) is 0.194. The minimum absolute atomic E-state index is 0.0692. The number of rotatable bonds is 12. The van der Waals surface area contributed by atoms with Crippen LogP contribution in [0.1, 0.15) is 79.5 Å². The molecule has 252 valence electrons. The van der Waals surface area contributed by atoms with Gasteiger partial charge in [-0.05, 0) is 94.1 Å². The summed E-state index contributed by atoms with van der Waals surface area (Å²) in [5.74, 6) is 0.195. The molecule has 0 bridgehead atoms. The van der Waals surface area contributed by atoms with Crippen LogP contribution in [0.25, 0.3) is 0 Å². The van der Waals surface area contributed by atoms with Crippen LogP contribution in [0.4, 0.5) is 0 Å². The van der Waals surface area contributed by atoms with Gasteiger partial charge in [-0.15, -0.1) is 0 Å². The molecule has 1 N–H and O–H groups in total. The fraction of sp³-hybridized carbons (Fsp3) is 0.487. The van der Waals surface area contributed by atoms with Gasteiger partial charge in [0.2, 0.25) is 0 Å². The van der Waals surface area contributed by atoms with Gasteiger partial charge < -0.3 is 19.6 Å². The van der Waals surface area contributed by atoms with Crippen LogP contribution in [0.2, 0.25) is 0 Å². The van der Waals surface area contributed by atoms with Gasteiger partial charge in [0, 0.05) is 63.3 Å². The van der Waals surface area contributed by atoms with E-state index in [4.69, 9.17) is 4.74 Å². The van der Waals surface area contributed by atoms with E-state index in [0.29, 0.717) is 31.2 Å². The van der Waals surface area contributed by atoms with E-state index < -0.39 is 0 Å². The van der Waals surface area contributed by atoms with Crippen molar-refractivity contribution in [3.8, 4) is 5.75 Å². The molecule has 2 fully saturated rings. The molecule has 8 nitrogen and oxygen atoms in total. The highest BCUT2D eigenvalue weighted by Gasteiger charge is 2.35. The van der Waals surface area contributed by atoms with Crippen molar-refractivity contribution in [2.24, 2.45) is 0 Å². The standard InChI is InChI=1S/C39H52N4O4/c1-4-47-37(45)19-8-9-20-40-21-12-22-41(24-23-40)39(46)35-17-10-15-33(25-35)38(34-16-11-18-36(44)26-34)43-28-30(2)42(27-31(43)3)29-32-13-6-5-7-14-32/h5-7,10-11,13-18,25-26,30-31,38,44H,4,8-9,12,19-24,27-29H2,1-3H3/t30-,31+,38?/m1/s1. The van der Waals surface area contributed by atoms with Gasteiger partial charge in [0.05, 0.1) is 12.6 Å². The maximum absolute atomic E-state index is 13.9. The van der Waals surface area contributed by atoms with Gasteiger partial charge in [-0.3, -0.25) is 19.4 Å². The number of carbonyl (C=O) groups is 2. The summed E-state index contributed by atoms with van der Waals surface area (Å²) in [6, 6.07) is 26.9. The SMILES string of the molecule is CCOC(=O)CCCCN1CCCN(C(=O)c2cccc(C(c3cccc(O)c3)N3C[C@@H](C)N(Cc4ccccc4)C[C@@H]3C)c2)CC1. The summed E-state index contributed by atoms with van der Waals surface area (Å²) in [5, 5.41) is 10.5. The number of hydrogen-bond acceptors (Lipinski definition) is 7. The zero-order valence-corrected chi connectivity index (χ0v) is 28.4. The van der Waals surface area contributed by atoms with Gasteiger partial charge in [-0.1, -0.05) is 54.6 Å². The van der Waals surface area contributed by atoms with Crippen LogP contribution >= 0.6 is 0 Å². The lowest BCUT2D eigenvalue weighted by Crippen LogP contribution is -2.56. The fourth-order valence-corrected chi connectivity index (χ4v) is 7.15. The summed E-state index contributed by atoms with van der Waals surface area (Å²) in [6.07, 6.45) is 3.17. The van der Waals surface area contributed by atoms with E-state index >= 15 is 0 Å². The number of carbonyl (C=O) groups excluding carboxylic acids is 2. The first-order valence-corrected chi connectivity index (χ1v) is 17.4. The Hall–Kier alpha value is -3.72. The summed E-state index contributed by atoms with van der Waals surface area (Å²) < 4.78 is 5.05. The van der Waals surface area contributed by atoms with Crippen molar-refractivity contribution >= 4 is 11.9 Å². The number of amides is 1. The number of benzene rings is 3. The first-order valence-electron chi connectivity index (χ1n) is 17.4. The number of nitrogens with zero attached hydrogens (tertiary/aromatic N) is 4. The second-order valence-corrected chi connectivity index (χ2v) is 13.2. The molecule has 3 aromatic rings. The van der Waals surface area contributed by atoms with E-state index in [1.54, 1.807) is 6.07 Å². The van der Waals surface area contributed by atoms with Crippen LogP contribution < -0.4 is 0 Å². The zero-order chi connectivity index (χ0) is 33.2. The highest BCUT2D eigenvalue weighted by Crippen LogP contribution is 2.35. The predicted octanol–water partition coefficient (Wildman–Crippen LogP) is 5.96. The van der Waals surface area contributed by atoms with Crippen LogP contribution in [0.15, 0.2) is 78.9 Å². The number of unbranched alkanes of at least 4 members (excludes halogenated alkanes) is 1. The molecule has 8 heteroatoms.